The smallest absolute Gasteiger partial charge is 0.257 e. The number of rotatable bonds is 8. The largest absolute Gasteiger partial charge is 0.454 e. The Balaban J connectivity index is 1.61. The number of benzene rings is 1. The summed E-state index contributed by atoms with van der Waals surface area (Å²) in [7, 11) is 0. The molecule has 0 radical (unpaired) electrons. The first kappa shape index (κ1) is 23.3. The van der Waals surface area contributed by atoms with Gasteiger partial charge in [-0.15, -0.1) is 0 Å². The summed E-state index contributed by atoms with van der Waals surface area (Å²) in [4.78, 5) is 43.5. The second-order valence-electron chi connectivity index (χ2n) is 8.29. The van der Waals surface area contributed by atoms with Gasteiger partial charge >= 0.3 is 0 Å². The maximum atomic E-state index is 13.3. The van der Waals surface area contributed by atoms with Gasteiger partial charge in [-0.05, 0) is 36.6 Å². The maximum Gasteiger partial charge on any atom is 0.257 e. The third-order valence-corrected chi connectivity index (χ3v) is 6.16. The molecule has 0 aliphatic carbocycles. The molecule has 0 fully saturated rings. The van der Waals surface area contributed by atoms with Crippen LogP contribution in [0.2, 0.25) is 0 Å². The fourth-order valence-electron chi connectivity index (χ4n) is 3.92. The van der Waals surface area contributed by atoms with E-state index in [4.69, 9.17) is 9.47 Å². The zero-order chi connectivity index (χ0) is 24.2. The third-order valence-electron chi connectivity index (χ3n) is 6.16. The minimum absolute atomic E-state index is 0.0246. The van der Waals surface area contributed by atoms with Gasteiger partial charge in [0.05, 0.1) is 10.9 Å². The summed E-state index contributed by atoms with van der Waals surface area (Å²) < 4.78 is 12.7. The molecule has 1 aliphatic rings. The number of aryl methyl sites for hydroxylation is 1. The fraction of sp³-hybridized carbons (Fsp3) is 0.360. The fourth-order valence-corrected chi connectivity index (χ4v) is 3.92. The number of nitrogens with zero attached hydrogens (tertiary/aromatic N) is 2. The van der Waals surface area contributed by atoms with Crippen LogP contribution in [0.25, 0.3) is 10.9 Å². The molecule has 4 rings (SSSR count). The average molecular weight is 465 g/mol. The van der Waals surface area contributed by atoms with E-state index in [0.29, 0.717) is 41.9 Å². The van der Waals surface area contributed by atoms with Crippen LogP contribution < -0.4 is 25.5 Å². The van der Waals surface area contributed by atoms with Crippen LogP contribution in [-0.2, 0) is 17.9 Å². The lowest BCUT2D eigenvalue weighted by atomic mass is 9.97. The van der Waals surface area contributed by atoms with E-state index >= 15 is 0 Å². The van der Waals surface area contributed by atoms with E-state index in [1.807, 2.05) is 37.5 Å². The normalized spacial score (nSPS) is 14.0. The van der Waals surface area contributed by atoms with Crippen molar-refractivity contribution in [2.45, 2.75) is 46.3 Å². The summed E-state index contributed by atoms with van der Waals surface area (Å²) in [5.74, 6) is 0.00599. The van der Waals surface area contributed by atoms with Crippen LogP contribution in [0, 0.1) is 5.92 Å². The highest BCUT2D eigenvalue weighted by Gasteiger charge is 2.28. The van der Waals surface area contributed by atoms with Crippen LogP contribution in [0.3, 0.4) is 0 Å². The molecule has 1 aromatic carbocycles. The van der Waals surface area contributed by atoms with Gasteiger partial charge in [-0.2, -0.15) is 0 Å². The summed E-state index contributed by atoms with van der Waals surface area (Å²) in [6, 6.07) is 6.19. The predicted molar refractivity (Wildman–Crippen MR) is 127 cm³/mol. The van der Waals surface area contributed by atoms with E-state index in [-0.39, 0.29) is 24.2 Å². The molecule has 178 valence electrons. The van der Waals surface area contributed by atoms with Crippen LogP contribution >= 0.6 is 0 Å². The number of hydrogen-bond acceptors (Lipinski definition) is 6. The monoisotopic (exact) mass is 464 g/mol. The molecule has 2 N–H and O–H groups in total. The molecule has 1 aliphatic heterocycles. The van der Waals surface area contributed by atoms with Crippen molar-refractivity contribution in [3.05, 3.63) is 64.2 Å². The second-order valence-corrected chi connectivity index (χ2v) is 8.29. The summed E-state index contributed by atoms with van der Waals surface area (Å²) in [5, 5.41) is 6.03. The molecule has 2 amide bonds. The molecule has 9 heteroatoms. The molecule has 0 bridgehead atoms. The lowest BCUT2D eigenvalue weighted by molar-refractivity contribution is -0.124. The van der Waals surface area contributed by atoms with E-state index < -0.39 is 17.4 Å². The zero-order valence-electron chi connectivity index (χ0n) is 19.5. The van der Waals surface area contributed by atoms with E-state index in [2.05, 4.69) is 15.6 Å². The van der Waals surface area contributed by atoms with Gasteiger partial charge in [0, 0.05) is 37.7 Å². The molecule has 0 spiro atoms. The van der Waals surface area contributed by atoms with Crippen LogP contribution in [0.4, 0.5) is 0 Å². The van der Waals surface area contributed by atoms with Gasteiger partial charge in [0.15, 0.2) is 11.5 Å². The third kappa shape index (κ3) is 4.59. The molecule has 0 saturated heterocycles. The molecular weight excluding hydrogens is 436 g/mol. The number of nitrogens with one attached hydrogen (secondary N) is 2. The Kier molecular flexibility index (Phi) is 6.81. The standard InChI is InChI=1S/C25H28N4O5/c1-4-15(3)22(25(32)27-12-16-6-8-26-9-7-16)28-24(31)18-13-29(5-2)19-11-21-20(33-14-34-21)10-17(19)23(18)30/h6-11,13,15,22H,4-5,12,14H2,1-3H3,(H,27,32)(H,28,31)/t15?,22-/m0/s1. The molecule has 0 saturated carbocycles. The summed E-state index contributed by atoms with van der Waals surface area (Å²) in [6.07, 6.45) is 5.51. The first-order valence-corrected chi connectivity index (χ1v) is 11.4. The Morgan fingerprint density at radius 3 is 2.53 bits per heavy atom. The van der Waals surface area contributed by atoms with Crippen LogP contribution in [-0.4, -0.2) is 34.2 Å². The highest BCUT2D eigenvalue weighted by Crippen LogP contribution is 2.35. The number of pyridine rings is 2. The van der Waals surface area contributed by atoms with Crippen molar-refractivity contribution in [3.8, 4) is 11.5 Å². The van der Waals surface area contributed by atoms with Crippen molar-refractivity contribution in [1.29, 1.82) is 0 Å². The van der Waals surface area contributed by atoms with Gasteiger partial charge in [-0.25, -0.2) is 0 Å². The van der Waals surface area contributed by atoms with E-state index in [9.17, 15) is 14.4 Å². The van der Waals surface area contributed by atoms with Crippen molar-refractivity contribution in [2.24, 2.45) is 5.92 Å². The van der Waals surface area contributed by atoms with Crippen molar-refractivity contribution >= 4 is 22.7 Å². The molecule has 1 unspecified atom stereocenters. The van der Waals surface area contributed by atoms with Crippen molar-refractivity contribution in [3.63, 3.8) is 0 Å². The highest BCUT2D eigenvalue weighted by molar-refractivity contribution is 6.00. The Bertz CT molecular complexity index is 1270. The Morgan fingerprint density at radius 1 is 1.15 bits per heavy atom. The van der Waals surface area contributed by atoms with Gasteiger partial charge in [0.25, 0.3) is 5.91 Å². The lowest BCUT2D eigenvalue weighted by Gasteiger charge is -2.24. The molecule has 3 aromatic rings. The highest BCUT2D eigenvalue weighted by atomic mass is 16.7. The van der Waals surface area contributed by atoms with Gasteiger partial charge in [-0.1, -0.05) is 20.3 Å². The number of ether oxygens (including phenoxy) is 2. The van der Waals surface area contributed by atoms with E-state index in [1.54, 1.807) is 24.5 Å². The van der Waals surface area contributed by atoms with Gasteiger partial charge < -0.3 is 24.7 Å². The summed E-state index contributed by atoms with van der Waals surface area (Å²) in [5.41, 5.74) is 1.11. The second kappa shape index (κ2) is 9.94. The Hall–Kier alpha value is -3.88. The van der Waals surface area contributed by atoms with Crippen molar-refractivity contribution in [1.82, 2.24) is 20.2 Å². The van der Waals surface area contributed by atoms with E-state index in [0.717, 1.165) is 5.56 Å². The quantitative estimate of drug-likeness (QED) is 0.530. The number of hydrogen-bond donors (Lipinski definition) is 2. The molecule has 9 nitrogen and oxygen atoms in total. The first-order chi connectivity index (χ1) is 16.4. The number of aromatic nitrogens is 2. The van der Waals surface area contributed by atoms with Crippen LogP contribution in [0.1, 0.15) is 43.1 Å². The lowest BCUT2D eigenvalue weighted by Crippen LogP contribution is -2.50. The first-order valence-electron chi connectivity index (χ1n) is 11.4. The number of amides is 2. The molecule has 2 aromatic heterocycles. The molecule has 2 atom stereocenters. The van der Waals surface area contributed by atoms with Gasteiger partial charge in [0.1, 0.15) is 11.6 Å². The zero-order valence-corrected chi connectivity index (χ0v) is 19.5. The number of carbonyl (C=O) groups excluding carboxylic acids is 2. The maximum absolute atomic E-state index is 13.3. The van der Waals surface area contributed by atoms with E-state index in [1.165, 1.54) is 6.20 Å². The molecular formula is C25H28N4O5. The Labute approximate surface area is 197 Å². The minimum Gasteiger partial charge on any atom is -0.454 e. The topological polar surface area (TPSA) is 112 Å². The number of carbonyl (C=O) groups is 2. The minimum atomic E-state index is -0.790. The summed E-state index contributed by atoms with van der Waals surface area (Å²) >= 11 is 0. The summed E-state index contributed by atoms with van der Waals surface area (Å²) in [6.45, 7) is 6.70. The van der Waals surface area contributed by atoms with Crippen molar-refractivity contribution in [2.75, 3.05) is 6.79 Å². The average Bonchev–Trinajstić information content (AvgIpc) is 3.33. The van der Waals surface area contributed by atoms with Crippen LogP contribution in [0.15, 0.2) is 47.7 Å². The van der Waals surface area contributed by atoms with Crippen LogP contribution in [0.5, 0.6) is 11.5 Å². The number of fused-ring (bicyclic) bond motifs is 2. The van der Waals surface area contributed by atoms with Gasteiger partial charge in [-0.3, -0.25) is 19.4 Å². The molecule has 3 heterocycles. The predicted octanol–water partition coefficient (Wildman–Crippen LogP) is 2.61. The molecule has 34 heavy (non-hydrogen) atoms. The van der Waals surface area contributed by atoms with Gasteiger partial charge in [0.2, 0.25) is 18.1 Å². The van der Waals surface area contributed by atoms with Crippen molar-refractivity contribution < 1.29 is 19.1 Å². The Morgan fingerprint density at radius 2 is 1.85 bits per heavy atom. The SMILES string of the molecule is CCC(C)[C@H](NC(=O)c1cn(CC)c2cc3c(cc2c1=O)OCO3)C(=O)NCc1ccncc1.